The van der Waals surface area contributed by atoms with Crippen molar-refractivity contribution in [3.8, 4) is 0 Å². The molecule has 4 N–H and O–H groups in total. The van der Waals surface area contributed by atoms with Crippen LogP contribution in [0.15, 0.2) is 23.1 Å². The summed E-state index contributed by atoms with van der Waals surface area (Å²) < 4.78 is 22.9. The molecule has 0 spiro atoms. The lowest BCUT2D eigenvalue weighted by Crippen LogP contribution is -2.14. The molecule has 1 aromatic rings. The van der Waals surface area contributed by atoms with Gasteiger partial charge in [0, 0.05) is 3.57 Å². The highest BCUT2D eigenvalue weighted by atomic mass is 127. The van der Waals surface area contributed by atoms with Crippen molar-refractivity contribution in [3.05, 3.63) is 27.3 Å². The van der Waals surface area contributed by atoms with E-state index in [4.69, 9.17) is 10.9 Å². The summed E-state index contributed by atoms with van der Waals surface area (Å²) in [4.78, 5) is 0.170. The maximum atomic E-state index is 11.2. The number of sulfonamides is 1. The molecular formula is C8H11IN2O2S. The van der Waals surface area contributed by atoms with Gasteiger partial charge in [-0.1, -0.05) is 6.07 Å². The molecule has 0 radical (unpaired) electrons. The summed E-state index contributed by atoms with van der Waals surface area (Å²) in [6.07, 6.45) is 0.652. The van der Waals surface area contributed by atoms with Gasteiger partial charge >= 0.3 is 0 Å². The Morgan fingerprint density at radius 2 is 2.00 bits per heavy atom. The highest BCUT2D eigenvalue weighted by Gasteiger charge is 2.12. The van der Waals surface area contributed by atoms with E-state index in [9.17, 15) is 8.42 Å². The number of hydrogen-bond acceptors (Lipinski definition) is 3. The summed E-state index contributed by atoms with van der Waals surface area (Å²) in [6, 6.07) is 5.15. The highest BCUT2D eigenvalue weighted by molar-refractivity contribution is 14.1. The standard InChI is InChI=1S/C8H11IN2O2S/c9-7-2-1-6(3-4-10)5-8(7)14(11,12)13/h1-2,5H,3-4,10H2,(H2,11,12,13). The lowest BCUT2D eigenvalue weighted by Gasteiger charge is -2.04. The fourth-order valence-corrected chi connectivity index (χ4v) is 3.00. The number of halogens is 1. The summed E-state index contributed by atoms with van der Waals surface area (Å²) >= 11 is 1.94. The van der Waals surface area contributed by atoms with E-state index in [1.54, 1.807) is 12.1 Å². The van der Waals surface area contributed by atoms with E-state index in [2.05, 4.69) is 0 Å². The van der Waals surface area contributed by atoms with Crippen LogP contribution in [0.25, 0.3) is 0 Å². The molecule has 0 bridgehead atoms. The summed E-state index contributed by atoms with van der Waals surface area (Å²) in [5.41, 5.74) is 6.26. The van der Waals surface area contributed by atoms with Crippen LogP contribution in [0.4, 0.5) is 0 Å². The minimum absolute atomic E-state index is 0.170. The molecule has 0 aromatic heterocycles. The Bertz CT molecular complexity index is 431. The van der Waals surface area contributed by atoms with Crippen LogP contribution in [0.2, 0.25) is 0 Å². The third-order valence-corrected chi connectivity index (χ3v) is 3.99. The van der Waals surface area contributed by atoms with Crippen LogP contribution >= 0.6 is 22.6 Å². The van der Waals surface area contributed by atoms with Crippen LogP contribution in [0, 0.1) is 3.57 Å². The predicted molar refractivity (Wildman–Crippen MR) is 63.3 cm³/mol. The number of hydrogen-bond donors (Lipinski definition) is 2. The summed E-state index contributed by atoms with van der Waals surface area (Å²) in [5, 5.41) is 5.06. The van der Waals surface area contributed by atoms with Gasteiger partial charge in [-0.05, 0) is 53.3 Å². The Hall–Kier alpha value is -0.180. The third-order valence-electron chi connectivity index (χ3n) is 1.74. The highest BCUT2D eigenvalue weighted by Crippen LogP contribution is 2.18. The van der Waals surface area contributed by atoms with Gasteiger partial charge < -0.3 is 5.73 Å². The van der Waals surface area contributed by atoms with Crippen molar-refractivity contribution in [2.75, 3.05) is 6.54 Å². The number of benzene rings is 1. The molecule has 0 unspecified atom stereocenters. The molecule has 14 heavy (non-hydrogen) atoms. The third kappa shape index (κ3) is 2.91. The maximum absolute atomic E-state index is 11.2. The average molecular weight is 326 g/mol. The van der Waals surface area contributed by atoms with Gasteiger partial charge in [0.15, 0.2) is 0 Å². The van der Waals surface area contributed by atoms with Gasteiger partial charge in [0.2, 0.25) is 10.0 Å². The normalized spacial score (nSPS) is 11.6. The zero-order valence-electron chi connectivity index (χ0n) is 7.40. The van der Waals surface area contributed by atoms with Crippen molar-refractivity contribution < 1.29 is 8.42 Å². The van der Waals surface area contributed by atoms with Crippen molar-refractivity contribution >= 4 is 32.6 Å². The maximum Gasteiger partial charge on any atom is 0.239 e. The SMILES string of the molecule is NCCc1ccc(I)c(S(N)(=O)=O)c1. The molecule has 0 fully saturated rings. The molecule has 78 valence electrons. The Labute approximate surface area is 96.9 Å². The van der Waals surface area contributed by atoms with E-state index in [0.717, 1.165) is 5.56 Å². The Balaban J connectivity index is 3.22. The first kappa shape index (κ1) is 11.9. The Morgan fingerprint density at radius 3 is 2.50 bits per heavy atom. The molecule has 0 amide bonds. The summed E-state index contributed by atoms with van der Waals surface area (Å²) in [6.45, 7) is 0.491. The lowest BCUT2D eigenvalue weighted by atomic mass is 10.2. The second kappa shape index (κ2) is 4.56. The summed E-state index contributed by atoms with van der Waals surface area (Å²) in [7, 11) is -3.62. The molecule has 1 rings (SSSR count). The number of nitrogens with two attached hydrogens (primary N) is 2. The van der Waals surface area contributed by atoms with Crippen LogP contribution < -0.4 is 10.9 Å². The first-order valence-electron chi connectivity index (χ1n) is 3.96. The molecule has 1 aromatic carbocycles. The molecule has 0 heterocycles. The van der Waals surface area contributed by atoms with E-state index in [1.165, 1.54) is 0 Å². The predicted octanol–water partition coefficient (Wildman–Crippen LogP) is 0.440. The molecule has 4 nitrogen and oxygen atoms in total. The number of primary sulfonamides is 1. The topological polar surface area (TPSA) is 86.2 Å². The molecule has 0 atom stereocenters. The number of rotatable bonds is 3. The minimum Gasteiger partial charge on any atom is -0.330 e. The van der Waals surface area contributed by atoms with Crippen molar-refractivity contribution in [1.82, 2.24) is 0 Å². The largest absolute Gasteiger partial charge is 0.330 e. The van der Waals surface area contributed by atoms with Gasteiger partial charge in [0.05, 0.1) is 4.90 Å². The van der Waals surface area contributed by atoms with Gasteiger partial charge in [0.1, 0.15) is 0 Å². The van der Waals surface area contributed by atoms with Crippen molar-refractivity contribution in [3.63, 3.8) is 0 Å². The Kier molecular flexibility index (Phi) is 3.87. The first-order chi connectivity index (χ1) is 6.45. The van der Waals surface area contributed by atoms with E-state index < -0.39 is 10.0 Å². The van der Waals surface area contributed by atoms with E-state index in [-0.39, 0.29) is 4.90 Å². The minimum atomic E-state index is -3.62. The molecule has 6 heteroatoms. The average Bonchev–Trinajstić information content (AvgIpc) is 2.07. The zero-order valence-corrected chi connectivity index (χ0v) is 10.4. The van der Waals surface area contributed by atoms with Gasteiger partial charge in [-0.25, -0.2) is 13.6 Å². The van der Waals surface area contributed by atoms with Gasteiger partial charge in [-0.15, -0.1) is 0 Å². The second-order valence-corrected chi connectivity index (χ2v) is 5.54. The van der Waals surface area contributed by atoms with Gasteiger partial charge in [-0.2, -0.15) is 0 Å². The van der Waals surface area contributed by atoms with Crippen LogP contribution in [0.3, 0.4) is 0 Å². The van der Waals surface area contributed by atoms with Gasteiger partial charge in [0.25, 0.3) is 0 Å². The zero-order chi connectivity index (χ0) is 10.8. The van der Waals surface area contributed by atoms with Gasteiger partial charge in [-0.3, -0.25) is 0 Å². The molecule has 0 aliphatic carbocycles. The second-order valence-electron chi connectivity index (χ2n) is 2.85. The molecule has 0 aliphatic rings. The smallest absolute Gasteiger partial charge is 0.239 e. The van der Waals surface area contributed by atoms with Crippen molar-refractivity contribution in [2.24, 2.45) is 10.9 Å². The van der Waals surface area contributed by atoms with Crippen LogP contribution in [-0.2, 0) is 16.4 Å². The Morgan fingerprint density at radius 1 is 1.36 bits per heavy atom. The van der Waals surface area contributed by atoms with Crippen LogP contribution in [0.1, 0.15) is 5.56 Å². The quantitative estimate of drug-likeness (QED) is 0.791. The van der Waals surface area contributed by atoms with Crippen LogP contribution in [0.5, 0.6) is 0 Å². The fraction of sp³-hybridized carbons (Fsp3) is 0.250. The van der Waals surface area contributed by atoms with Crippen molar-refractivity contribution in [2.45, 2.75) is 11.3 Å². The molecule has 0 saturated heterocycles. The first-order valence-corrected chi connectivity index (χ1v) is 6.59. The monoisotopic (exact) mass is 326 g/mol. The summed E-state index contributed by atoms with van der Waals surface area (Å²) in [5.74, 6) is 0. The lowest BCUT2D eigenvalue weighted by molar-refractivity contribution is 0.597. The molecule has 0 aliphatic heterocycles. The fourth-order valence-electron chi connectivity index (χ4n) is 1.09. The van der Waals surface area contributed by atoms with Crippen molar-refractivity contribution in [1.29, 1.82) is 0 Å². The molecular weight excluding hydrogens is 315 g/mol. The van der Waals surface area contributed by atoms with Crippen LogP contribution in [-0.4, -0.2) is 15.0 Å². The molecule has 0 saturated carbocycles. The van der Waals surface area contributed by atoms with E-state index in [0.29, 0.717) is 16.5 Å². The van der Waals surface area contributed by atoms with E-state index in [1.807, 2.05) is 28.7 Å². The van der Waals surface area contributed by atoms with E-state index >= 15 is 0 Å².